The van der Waals surface area contributed by atoms with Crippen molar-refractivity contribution in [3.63, 3.8) is 0 Å². The zero-order chi connectivity index (χ0) is 16.1. The van der Waals surface area contributed by atoms with Crippen molar-refractivity contribution in [2.75, 3.05) is 7.11 Å². The maximum atomic E-state index is 11.2. The summed E-state index contributed by atoms with van der Waals surface area (Å²) >= 11 is 0. The van der Waals surface area contributed by atoms with Gasteiger partial charge in [0.1, 0.15) is 5.75 Å². The number of rotatable bonds is 7. The van der Waals surface area contributed by atoms with Crippen LogP contribution in [0.2, 0.25) is 0 Å². The second kappa shape index (κ2) is 6.70. The second-order valence-electron chi connectivity index (χ2n) is 4.58. The molecule has 0 amide bonds. The van der Waals surface area contributed by atoms with E-state index in [0.29, 0.717) is 11.4 Å². The van der Waals surface area contributed by atoms with Crippen LogP contribution in [0, 0.1) is 0 Å². The Hall–Kier alpha value is -2.90. The lowest BCUT2D eigenvalue weighted by Gasteiger charge is -2.07. The Balaban J connectivity index is 2.27. The number of hydrogen-bond donors (Lipinski definition) is 2. The summed E-state index contributed by atoms with van der Waals surface area (Å²) in [6.45, 7) is 0.0705. The minimum absolute atomic E-state index is 0.0705. The Morgan fingerprint density at radius 3 is 2.45 bits per heavy atom. The average molecular weight is 305 g/mol. The highest BCUT2D eigenvalue weighted by Crippen LogP contribution is 2.17. The van der Waals surface area contributed by atoms with Crippen molar-refractivity contribution in [1.29, 1.82) is 0 Å². The molecule has 2 N–H and O–H groups in total. The van der Waals surface area contributed by atoms with E-state index in [1.165, 1.54) is 4.68 Å². The molecule has 0 unspecified atom stereocenters. The number of carboxylic acids is 2. The number of hydrogen-bond acceptors (Lipinski definition) is 5. The molecule has 2 rings (SSSR count). The molecule has 0 saturated carbocycles. The minimum Gasteiger partial charge on any atom is -0.497 e. The summed E-state index contributed by atoms with van der Waals surface area (Å²) in [6.07, 6.45) is 0.135. The normalized spacial score (nSPS) is 10.4. The predicted octanol–water partition coefficient (Wildman–Crippen LogP) is 1.05. The highest BCUT2D eigenvalue weighted by molar-refractivity contribution is 5.86. The van der Waals surface area contributed by atoms with Gasteiger partial charge in [0.2, 0.25) is 0 Å². The molecule has 0 aliphatic rings. The van der Waals surface area contributed by atoms with Gasteiger partial charge in [-0.2, -0.15) is 0 Å². The molecule has 22 heavy (non-hydrogen) atoms. The number of methoxy groups -OCH3 is 1. The lowest BCUT2D eigenvalue weighted by Crippen LogP contribution is -2.11. The van der Waals surface area contributed by atoms with Gasteiger partial charge in [-0.05, 0) is 17.7 Å². The molecule has 0 radical (unpaired) electrons. The third-order valence-electron chi connectivity index (χ3n) is 3.11. The Morgan fingerprint density at radius 1 is 1.23 bits per heavy atom. The van der Waals surface area contributed by atoms with Crippen LogP contribution < -0.4 is 4.74 Å². The summed E-state index contributed by atoms with van der Waals surface area (Å²) in [7, 11) is 1.56. The third-order valence-corrected chi connectivity index (χ3v) is 3.11. The van der Waals surface area contributed by atoms with Gasteiger partial charge in [0.25, 0.3) is 0 Å². The molecule has 8 nitrogen and oxygen atoms in total. The van der Waals surface area contributed by atoms with Crippen LogP contribution in [0.25, 0.3) is 0 Å². The Labute approximate surface area is 125 Å². The molecule has 0 fully saturated rings. The molecule has 0 aliphatic carbocycles. The first-order chi connectivity index (χ1) is 10.5. The number of aromatic carboxylic acids is 1. The number of aryl methyl sites for hydroxylation is 1. The molecule has 0 aliphatic heterocycles. The van der Waals surface area contributed by atoms with Gasteiger partial charge >= 0.3 is 11.9 Å². The molecule has 116 valence electrons. The van der Waals surface area contributed by atoms with E-state index in [1.54, 1.807) is 31.4 Å². The quantitative estimate of drug-likeness (QED) is 0.785. The topological polar surface area (TPSA) is 115 Å². The first kappa shape index (κ1) is 15.5. The summed E-state index contributed by atoms with van der Waals surface area (Å²) in [5, 5.41) is 25.3. The molecule has 0 bridgehead atoms. The maximum Gasteiger partial charge on any atom is 0.358 e. The van der Waals surface area contributed by atoms with Crippen LogP contribution >= 0.6 is 0 Å². The number of aromatic nitrogens is 3. The van der Waals surface area contributed by atoms with E-state index in [1.807, 2.05) is 0 Å². The Bertz CT molecular complexity index is 678. The van der Waals surface area contributed by atoms with Crippen molar-refractivity contribution in [2.45, 2.75) is 19.4 Å². The summed E-state index contributed by atoms with van der Waals surface area (Å²) in [4.78, 5) is 21.9. The third kappa shape index (κ3) is 3.60. The fourth-order valence-electron chi connectivity index (χ4n) is 1.99. The lowest BCUT2D eigenvalue weighted by molar-refractivity contribution is -0.137. The fraction of sp³-hybridized carbons (Fsp3) is 0.286. The van der Waals surface area contributed by atoms with Gasteiger partial charge in [-0.25, -0.2) is 9.48 Å². The van der Waals surface area contributed by atoms with Gasteiger partial charge < -0.3 is 14.9 Å². The molecule has 0 atom stereocenters. The van der Waals surface area contributed by atoms with Crippen molar-refractivity contribution in [1.82, 2.24) is 15.0 Å². The second-order valence-corrected chi connectivity index (χ2v) is 4.58. The molecule has 0 spiro atoms. The summed E-state index contributed by atoms with van der Waals surface area (Å²) in [5.74, 6) is -1.48. The van der Waals surface area contributed by atoms with Gasteiger partial charge in [-0.15, -0.1) is 5.10 Å². The zero-order valence-corrected chi connectivity index (χ0v) is 11.9. The molecular formula is C14H15N3O5. The minimum atomic E-state index is -1.19. The number of ether oxygens (including phenoxy) is 1. The first-order valence-corrected chi connectivity index (χ1v) is 6.51. The Morgan fingerprint density at radius 2 is 1.91 bits per heavy atom. The SMILES string of the molecule is COc1ccc(Cc2c(C(=O)O)nnn2CCC(=O)O)cc1. The van der Waals surface area contributed by atoms with Gasteiger partial charge in [-0.1, -0.05) is 17.3 Å². The van der Waals surface area contributed by atoms with Crippen molar-refractivity contribution in [2.24, 2.45) is 0 Å². The van der Waals surface area contributed by atoms with Crippen LogP contribution in [0.3, 0.4) is 0 Å². The van der Waals surface area contributed by atoms with E-state index in [-0.39, 0.29) is 25.1 Å². The number of benzene rings is 1. The smallest absolute Gasteiger partial charge is 0.358 e. The average Bonchev–Trinajstić information content (AvgIpc) is 2.89. The molecule has 1 aromatic carbocycles. The monoisotopic (exact) mass is 305 g/mol. The molecular weight excluding hydrogens is 290 g/mol. The molecule has 0 saturated heterocycles. The number of carboxylic acid groups (broad SMARTS) is 2. The number of carbonyl (C=O) groups is 2. The van der Waals surface area contributed by atoms with Gasteiger partial charge in [0.15, 0.2) is 5.69 Å². The largest absolute Gasteiger partial charge is 0.497 e. The lowest BCUT2D eigenvalue weighted by atomic mass is 10.1. The van der Waals surface area contributed by atoms with Gasteiger partial charge in [-0.3, -0.25) is 4.79 Å². The van der Waals surface area contributed by atoms with Crippen molar-refractivity contribution < 1.29 is 24.5 Å². The number of nitrogens with zero attached hydrogens (tertiary/aromatic N) is 3. The van der Waals surface area contributed by atoms with E-state index in [0.717, 1.165) is 5.56 Å². The van der Waals surface area contributed by atoms with Crippen LogP contribution in [0.1, 0.15) is 28.2 Å². The van der Waals surface area contributed by atoms with Crippen molar-refractivity contribution in [3.8, 4) is 5.75 Å². The van der Waals surface area contributed by atoms with E-state index in [9.17, 15) is 9.59 Å². The van der Waals surface area contributed by atoms with Crippen molar-refractivity contribution in [3.05, 3.63) is 41.2 Å². The van der Waals surface area contributed by atoms with E-state index >= 15 is 0 Å². The maximum absolute atomic E-state index is 11.2. The summed E-state index contributed by atoms with van der Waals surface area (Å²) in [5.41, 5.74) is 1.06. The standard InChI is InChI=1S/C14H15N3O5/c1-22-10-4-2-9(3-5-10)8-11-13(14(20)21)15-16-17(11)7-6-12(18)19/h2-5H,6-8H2,1H3,(H,18,19)(H,20,21). The van der Waals surface area contributed by atoms with E-state index in [2.05, 4.69) is 10.3 Å². The first-order valence-electron chi connectivity index (χ1n) is 6.51. The van der Waals surface area contributed by atoms with Crippen LogP contribution in [0.15, 0.2) is 24.3 Å². The predicted molar refractivity (Wildman–Crippen MR) is 75.0 cm³/mol. The highest BCUT2D eigenvalue weighted by Gasteiger charge is 2.19. The number of aliphatic carboxylic acids is 1. The molecule has 1 heterocycles. The molecule has 1 aromatic heterocycles. The van der Waals surface area contributed by atoms with Gasteiger partial charge in [0.05, 0.1) is 25.8 Å². The van der Waals surface area contributed by atoms with Crippen molar-refractivity contribution >= 4 is 11.9 Å². The molecule has 2 aromatic rings. The fourth-order valence-corrected chi connectivity index (χ4v) is 1.99. The highest BCUT2D eigenvalue weighted by atomic mass is 16.5. The van der Waals surface area contributed by atoms with Crippen LogP contribution in [0.4, 0.5) is 0 Å². The van der Waals surface area contributed by atoms with Crippen LogP contribution in [-0.2, 0) is 17.8 Å². The van der Waals surface area contributed by atoms with Crippen LogP contribution in [0.5, 0.6) is 5.75 Å². The van der Waals surface area contributed by atoms with E-state index < -0.39 is 11.9 Å². The Kier molecular flexibility index (Phi) is 4.72. The zero-order valence-electron chi connectivity index (χ0n) is 11.9. The summed E-state index contributed by atoms with van der Waals surface area (Å²) < 4.78 is 6.39. The molecule has 8 heteroatoms. The van der Waals surface area contributed by atoms with E-state index in [4.69, 9.17) is 14.9 Å². The van der Waals surface area contributed by atoms with Gasteiger partial charge in [0, 0.05) is 6.42 Å². The summed E-state index contributed by atoms with van der Waals surface area (Å²) in [6, 6.07) is 7.14. The van der Waals surface area contributed by atoms with Crippen LogP contribution in [-0.4, -0.2) is 44.3 Å².